The van der Waals surface area contributed by atoms with Gasteiger partial charge in [0.15, 0.2) is 0 Å². The van der Waals surface area contributed by atoms with E-state index in [1.807, 2.05) is 12.1 Å². The Morgan fingerprint density at radius 3 is 2.55 bits per heavy atom. The maximum absolute atomic E-state index is 9.79. The van der Waals surface area contributed by atoms with Crippen LogP contribution in [-0.2, 0) is 16.6 Å². The lowest BCUT2D eigenvalue weighted by Gasteiger charge is -2.41. The topological polar surface area (TPSA) is 49.7 Å². The number of aliphatic hydroxyl groups excluding tert-OH is 1. The SMILES string of the molecule is CCC1(CC)CC(OCCCO)Cc2ccc(O)cc21.CCl. The Kier molecular flexibility index (Phi) is 8.23. The van der Waals surface area contributed by atoms with Gasteiger partial charge in [-0.15, -0.1) is 11.6 Å². The van der Waals surface area contributed by atoms with E-state index >= 15 is 0 Å². The average Bonchev–Trinajstić information content (AvgIpc) is 2.56. The van der Waals surface area contributed by atoms with Crippen LogP contribution in [0.2, 0.25) is 0 Å². The Labute approximate surface area is 139 Å². The monoisotopic (exact) mass is 328 g/mol. The predicted octanol–water partition coefficient (Wildman–Crippen LogP) is 4.02. The fourth-order valence-electron chi connectivity index (χ4n) is 3.45. The lowest BCUT2D eigenvalue weighted by Crippen LogP contribution is -2.38. The molecule has 0 saturated carbocycles. The van der Waals surface area contributed by atoms with E-state index in [0.717, 1.165) is 25.7 Å². The quantitative estimate of drug-likeness (QED) is 0.612. The minimum atomic E-state index is 0.107. The highest BCUT2D eigenvalue weighted by Gasteiger charge is 2.38. The molecule has 1 aliphatic rings. The molecule has 4 heteroatoms. The molecule has 0 heterocycles. The fraction of sp³-hybridized carbons (Fsp3) is 0.667. The molecule has 0 bridgehead atoms. The summed E-state index contributed by atoms with van der Waals surface area (Å²) in [7, 11) is 0. The van der Waals surface area contributed by atoms with Crippen LogP contribution in [0.1, 0.15) is 50.7 Å². The first-order chi connectivity index (χ1) is 10.6. The van der Waals surface area contributed by atoms with Gasteiger partial charge in [-0.3, -0.25) is 0 Å². The van der Waals surface area contributed by atoms with Crippen molar-refractivity contribution in [1.29, 1.82) is 0 Å². The molecule has 1 atom stereocenters. The maximum atomic E-state index is 9.79. The van der Waals surface area contributed by atoms with Crippen molar-refractivity contribution in [1.82, 2.24) is 0 Å². The molecule has 0 fully saturated rings. The summed E-state index contributed by atoms with van der Waals surface area (Å²) in [5.74, 6) is 0.356. The number of phenols is 1. The van der Waals surface area contributed by atoms with Crippen molar-refractivity contribution in [3.8, 4) is 5.75 Å². The van der Waals surface area contributed by atoms with Gasteiger partial charge in [0.2, 0.25) is 0 Å². The molecule has 0 radical (unpaired) electrons. The number of aliphatic hydroxyl groups is 1. The number of benzene rings is 1. The van der Waals surface area contributed by atoms with Crippen LogP contribution in [0, 0.1) is 0 Å². The lowest BCUT2D eigenvalue weighted by atomic mass is 9.66. The van der Waals surface area contributed by atoms with E-state index in [-0.39, 0.29) is 18.1 Å². The highest BCUT2D eigenvalue weighted by molar-refractivity contribution is 6.15. The van der Waals surface area contributed by atoms with Gasteiger partial charge in [0.1, 0.15) is 5.75 Å². The van der Waals surface area contributed by atoms with Gasteiger partial charge in [-0.25, -0.2) is 0 Å². The van der Waals surface area contributed by atoms with Gasteiger partial charge in [0, 0.05) is 19.6 Å². The molecule has 0 aliphatic heterocycles. The number of alkyl halides is 1. The van der Waals surface area contributed by atoms with E-state index in [2.05, 4.69) is 25.4 Å². The first kappa shape index (κ1) is 19.3. The van der Waals surface area contributed by atoms with Crippen LogP contribution in [0.15, 0.2) is 18.2 Å². The largest absolute Gasteiger partial charge is 0.508 e. The van der Waals surface area contributed by atoms with Crippen molar-refractivity contribution in [2.45, 2.75) is 57.5 Å². The Bertz CT molecular complexity index is 444. The molecule has 22 heavy (non-hydrogen) atoms. The van der Waals surface area contributed by atoms with Crippen molar-refractivity contribution in [3.05, 3.63) is 29.3 Å². The Balaban J connectivity index is 0.00000116. The summed E-state index contributed by atoms with van der Waals surface area (Å²) in [6.07, 6.45) is 6.41. The second-order valence-electron chi connectivity index (χ2n) is 5.81. The van der Waals surface area contributed by atoms with Gasteiger partial charge in [-0.1, -0.05) is 19.9 Å². The van der Waals surface area contributed by atoms with E-state index < -0.39 is 0 Å². The molecule has 1 aromatic rings. The van der Waals surface area contributed by atoms with Gasteiger partial charge < -0.3 is 14.9 Å². The van der Waals surface area contributed by atoms with E-state index in [4.69, 9.17) is 9.84 Å². The second kappa shape index (κ2) is 9.39. The van der Waals surface area contributed by atoms with E-state index in [1.54, 1.807) is 6.07 Å². The summed E-state index contributed by atoms with van der Waals surface area (Å²) in [5.41, 5.74) is 2.70. The number of halogens is 1. The molecule has 1 unspecified atom stereocenters. The van der Waals surface area contributed by atoms with Crippen LogP contribution in [0.5, 0.6) is 5.75 Å². The number of hydrogen-bond donors (Lipinski definition) is 2. The third-order valence-corrected chi connectivity index (χ3v) is 4.74. The number of aromatic hydroxyl groups is 1. The van der Waals surface area contributed by atoms with Crippen molar-refractivity contribution in [3.63, 3.8) is 0 Å². The van der Waals surface area contributed by atoms with Crippen LogP contribution in [-0.4, -0.2) is 35.9 Å². The number of rotatable bonds is 6. The number of phenolic OH excluding ortho intramolecular Hbond substituents is 1. The molecule has 0 saturated heterocycles. The molecular weight excluding hydrogens is 300 g/mol. The predicted molar refractivity (Wildman–Crippen MR) is 91.9 cm³/mol. The molecule has 0 spiro atoms. The number of ether oxygens (including phenoxy) is 1. The van der Waals surface area contributed by atoms with Crippen LogP contribution in [0.3, 0.4) is 0 Å². The maximum Gasteiger partial charge on any atom is 0.115 e. The van der Waals surface area contributed by atoms with Gasteiger partial charge in [0.05, 0.1) is 6.10 Å². The third-order valence-electron chi connectivity index (χ3n) is 4.74. The van der Waals surface area contributed by atoms with Crippen LogP contribution < -0.4 is 0 Å². The standard InChI is InChI=1S/C17H26O3.CH3Cl/c1-3-17(4-2)12-15(20-9-5-8-18)10-13-6-7-14(19)11-16(13)17;1-2/h6-7,11,15,18-19H,3-5,8-10,12H2,1-2H3;1H3. The zero-order valence-electron chi connectivity index (χ0n) is 13.9. The summed E-state index contributed by atoms with van der Waals surface area (Å²) in [5, 5.41) is 18.7. The number of fused-ring (bicyclic) bond motifs is 1. The minimum Gasteiger partial charge on any atom is -0.508 e. The summed E-state index contributed by atoms with van der Waals surface area (Å²) in [6, 6.07) is 5.74. The van der Waals surface area contributed by atoms with Crippen molar-refractivity contribution < 1.29 is 14.9 Å². The minimum absolute atomic E-state index is 0.107. The molecule has 126 valence electrons. The fourth-order valence-corrected chi connectivity index (χ4v) is 3.45. The van der Waals surface area contributed by atoms with Gasteiger partial charge in [-0.2, -0.15) is 0 Å². The summed E-state index contributed by atoms with van der Waals surface area (Å²) in [4.78, 5) is 0. The molecule has 1 aromatic carbocycles. The normalized spacial score (nSPS) is 19.0. The van der Waals surface area contributed by atoms with Crippen molar-refractivity contribution in [2.24, 2.45) is 0 Å². The van der Waals surface area contributed by atoms with E-state index in [9.17, 15) is 5.11 Å². The molecule has 2 rings (SSSR count). The van der Waals surface area contributed by atoms with Crippen LogP contribution >= 0.6 is 11.6 Å². The highest BCUT2D eigenvalue weighted by Crippen LogP contribution is 2.44. The molecule has 1 aliphatic carbocycles. The molecule has 0 aromatic heterocycles. The molecular formula is C18H29ClO3. The average molecular weight is 329 g/mol. The van der Waals surface area contributed by atoms with Gasteiger partial charge >= 0.3 is 0 Å². The lowest BCUT2D eigenvalue weighted by molar-refractivity contribution is 0.0154. The van der Waals surface area contributed by atoms with E-state index in [1.165, 1.54) is 17.5 Å². The van der Waals surface area contributed by atoms with Crippen molar-refractivity contribution >= 4 is 11.6 Å². The summed E-state index contributed by atoms with van der Waals surface area (Å²) in [6.45, 7) is 5.24. The smallest absolute Gasteiger partial charge is 0.115 e. The molecule has 3 nitrogen and oxygen atoms in total. The van der Waals surface area contributed by atoms with Crippen LogP contribution in [0.25, 0.3) is 0 Å². The summed E-state index contributed by atoms with van der Waals surface area (Å²) < 4.78 is 5.95. The molecule has 0 amide bonds. The first-order valence-corrected chi connectivity index (χ1v) is 8.83. The zero-order valence-corrected chi connectivity index (χ0v) is 14.7. The second-order valence-corrected chi connectivity index (χ2v) is 5.81. The highest BCUT2D eigenvalue weighted by atomic mass is 35.5. The third kappa shape index (κ3) is 4.37. The first-order valence-electron chi connectivity index (χ1n) is 8.08. The van der Waals surface area contributed by atoms with Gasteiger partial charge in [0.25, 0.3) is 0 Å². The Morgan fingerprint density at radius 1 is 1.27 bits per heavy atom. The molecule has 2 N–H and O–H groups in total. The van der Waals surface area contributed by atoms with Crippen molar-refractivity contribution in [2.75, 3.05) is 19.6 Å². The summed E-state index contributed by atoms with van der Waals surface area (Å²) >= 11 is 4.64. The van der Waals surface area contributed by atoms with Crippen LogP contribution in [0.4, 0.5) is 0 Å². The van der Waals surface area contributed by atoms with E-state index in [0.29, 0.717) is 18.8 Å². The Hall–Kier alpha value is -0.770. The number of hydrogen-bond acceptors (Lipinski definition) is 3. The zero-order chi connectivity index (χ0) is 16.6. The van der Waals surface area contributed by atoms with Gasteiger partial charge in [-0.05, 0) is 60.8 Å². The Morgan fingerprint density at radius 2 is 1.95 bits per heavy atom.